The molecule has 1 aliphatic heterocycles. The van der Waals surface area contributed by atoms with Crippen LogP contribution in [0, 0.1) is 0 Å². The van der Waals surface area contributed by atoms with E-state index in [1.165, 1.54) is 0 Å². The fraction of sp³-hybridized carbons (Fsp3) is 0.211. The van der Waals surface area contributed by atoms with Crippen LogP contribution in [0.25, 0.3) is 5.70 Å². The number of hydrogen-bond donors (Lipinski definition) is 1. The van der Waals surface area contributed by atoms with E-state index < -0.39 is 0 Å². The Hall–Kier alpha value is -2.55. The second kappa shape index (κ2) is 6.06. The summed E-state index contributed by atoms with van der Waals surface area (Å²) in [4.78, 5) is 4.61. The molecule has 3 rings (SSSR count). The van der Waals surface area contributed by atoms with Gasteiger partial charge in [-0.15, -0.1) is 0 Å². The van der Waals surface area contributed by atoms with Crippen LogP contribution in [0.5, 0.6) is 0 Å². The van der Waals surface area contributed by atoms with Crippen LogP contribution < -0.4 is 5.32 Å². The van der Waals surface area contributed by atoms with Crippen molar-refractivity contribution in [2.75, 3.05) is 11.9 Å². The number of aliphatic imine (C=N–C) groups is 1. The van der Waals surface area contributed by atoms with E-state index in [9.17, 15) is 0 Å². The van der Waals surface area contributed by atoms with E-state index in [1.807, 2.05) is 54.6 Å². The lowest BCUT2D eigenvalue weighted by atomic mass is 10.1. The predicted octanol–water partition coefficient (Wildman–Crippen LogP) is 4.35. The van der Waals surface area contributed by atoms with Gasteiger partial charge in [0.15, 0.2) is 0 Å². The summed E-state index contributed by atoms with van der Waals surface area (Å²) in [6, 6.07) is 20.3. The summed E-state index contributed by atoms with van der Waals surface area (Å²) in [6.45, 7) is 4.76. The summed E-state index contributed by atoms with van der Waals surface area (Å²) < 4.78 is 5.69. The van der Waals surface area contributed by atoms with E-state index in [-0.39, 0.29) is 5.54 Å². The van der Waals surface area contributed by atoms with Crippen molar-refractivity contribution in [3.05, 3.63) is 72.3 Å². The maximum Gasteiger partial charge on any atom is 0.211 e. The molecule has 1 heterocycles. The monoisotopic (exact) mass is 292 g/mol. The summed E-state index contributed by atoms with van der Waals surface area (Å²) >= 11 is 0. The third kappa shape index (κ3) is 3.55. The Bertz CT molecular complexity index is 688. The van der Waals surface area contributed by atoms with Crippen molar-refractivity contribution in [2.24, 2.45) is 4.99 Å². The molecule has 2 aromatic carbocycles. The maximum atomic E-state index is 5.69. The highest BCUT2D eigenvalue weighted by Crippen LogP contribution is 2.22. The fourth-order valence-electron chi connectivity index (χ4n) is 2.30. The number of rotatable bonds is 4. The minimum Gasteiger partial charge on any atom is -0.475 e. The van der Waals surface area contributed by atoms with Crippen LogP contribution >= 0.6 is 0 Å². The molecule has 0 saturated heterocycles. The maximum absolute atomic E-state index is 5.69. The van der Waals surface area contributed by atoms with Crippen molar-refractivity contribution >= 4 is 17.3 Å². The van der Waals surface area contributed by atoms with E-state index in [4.69, 9.17) is 4.74 Å². The van der Waals surface area contributed by atoms with Gasteiger partial charge in [0.1, 0.15) is 6.61 Å². The van der Waals surface area contributed by atoms with Gasteiger partial charge in [0, 0.05) is 11.8 Å². The van der Waals surface area contributed by atoms with Gasteiger partial charge in [-0.05, 0) is 31.5 Å². The quantitative estimate of drug-likeness (QED) is 0.909. The Kier molecular flexibility index (Phi) is 3.96. The summed E-state index contributed by atoms with van der Waals surface area (Å²) in [6.07, 6.45) is 1.97. The molecule has 0 amide bonds. The molecule has 0 bridgehead atoms. The standard InChI is InChI=1S/C19H20N2O/c1-19(2)14-22-18(21-19)13-17(15-9-5-3-6-10-15)20-16-11-7-4-8-12-16/h3-13,20H,14H2,1-2H3/b17-13-. The molecule has 0 aromatic heterocycles. The molecule has 22 heavy (non-hydrogen) atoms. The second-order valence-electron chi connectivity index (χ2n) is 5.97. The molecule has 3 heteroatoms. The first-order valence-electron chi connectivity index (χ1n) is 7.44. The molecule has 0 spiro atoms. The lowest BCUT2D eigenvalue weighted by Gasteiger charge is -2.11. The number of ether oxygens (including phenoxy) is 1. The van der Waals surface area contributed by atoms with Crippen molar-refractivity contribution in [3.63, 3.8) is 0 Å². The van der Waals surface area contributed by atoms with Crippen LogP contribution in [0.4, 0.5) is 5.69 Å². The zero-order chi connectivity index (χ0) is 15.4. The van der Waals surface area contributed by atoms with Crippen molar-refractivity contribution < 1.29 is 4.74 Å². The van der Waals surface area contributed by atoms with Crippen LogP contribution in [-0.2, 0) is 4.74 Å². The number of hydrogen-bond acceptors (Lipinski definition) is 3. The molecular weight excluding hydrogens is 272 g/mol. The average Bonchev–Trinajstić information content (AvgIpc) is 2.87. The topological polar surface area (TPSA) is 33.6 Å². The first-order valence-corrected chi connectivity index (χ1v) is 7.44. The van der Waals surface area contributed by atoms with Gasteiger partial charge in [-0.1, -0.05) is 48.5 Å². The molecule has 0 radical (unpaired) electrons. The van der Waals surface area contributed by atoms with Gasteiger partial charge in [0.25, 0.3) is 0 Å². The summed E-state index contributed by atoms with van der Waals surface area (Å²) in [5.41, 5.74) is 2.96. The minimum atomic E-state index is -0.152. The molecule has 2 aromatic rings. The Morgan fingerprint density at radius 3 is 2.27 bits per heavy atom. The van der Waals surface area contributed by atoms with E-state index >= 15 is 0 Å². The van der Waals surface area contributed by atoms with Gasteiger partial charge >= 0.3 is 0 Å². The molecule has 1 aliphatic rings. The van der Waals surface area contributed by atoms with Crippen molar-refractivity contribution in [1.82, 2.24) is 0 Å². The molecule has 0 unspecified atom stereocenters. The average molecular weight is 292 g/mol. The van der Waals surface area contributed by atoms with Crippen LogP contribution in [-0.4, -0.2) is 18.0 Å². The highest BCUT2D eigenvalue weighted by molar-refractivity contribution is 5.98. The van der Waals surface area contributed by atoms with Crippen molar-refractivity contribution in [1.29, 1.82) is 0 Å². The number of nitrogens with one attached hydrogen (secondary N) is 1. The third-order valence-corrected chi connectivity index (χ3v) is 3.39. The molecule has 0 saturated carbocycles. The molecule has 3 nitrogen and oxygen atoms in total. The van der Waals surface area contributed by atoms with E-state index in [1.54, 1.807) is 0 Å². The van der Waals surface area contributed by atoms with Crippen LogP contribution in [0.1, 0.15) is 19.4 Å². The molecule has 0 fully saturated rings. The zero-order valence-electron chi connectivity index (χ0n) is 12.9. The molecular formula is C19H20N2O. The first kappa shape index (κ1) is 14.4. The summed E-state index contributed by atoms with van der Waals surface area (Å²) in [7, 11) is 0. The Morgan fingerprint density at radius 2 is 1.68 bits per heavy atom. The molecule has 1 N–H and O–H groups in total. The highest BCUT2D eigenvalue weighted by Gasteiger charge is 2.25. The van der Waals surface area contributed by atoms with Gasteiger partial charge in [-0.25, -0.2) is 4.99 Å². The van der Waals surface area contributed by atoms with E-state index in [0.29, 0.717) is 12.5 Å². The smallest absolute Gasteiger partial charge is 0.211 e. The summed E-state index contributed by atoms with van der Waals surface area (Å²) in [5.74, 6) is 0.673. The van der Waals surface area contributed by atoms with Crippen LogP contribution in [0.15, 0.2) is 71.7 Å². The molecule has 0 aliphatic carbocycles. The lowest BCUT2D eigenvalue weighted by Crippen LogP contribution is -2.17. The van der Waals surface area contributed by atoms with Gasteiger partial charge < -0.3 is 10.1 Å². The normalized spacial score (nSPS) is 16.8. The number of para-hydroxylation sites is 1. The first-order chi connectivity index (χ1) is 10.6. The minimum absolute atomic E-state index is 0.152. The molecule has 112 valence electrons. The Morgan fingerprint density at radius 1 is 1.05 bits per heavy atom. The Labute approximate surface area is 131 Å². The number of nitrogens with zero attached hydrogens (tertiary/aromatic N) is 1. The van der Waals surface area contributed by atoms with Crippen LogP contribution in [0.2, 0.25) is 0 Å². The second-order valence-corrected chi connectivity index (χ2v) is 5.97. The van der Waals surface area contributed by atoms with Crippen molar-refractivity contribution in [2.45, 2.75) is 19.4 Å². The van der Waals surface area contributed by atoms with Gasteiger partial charge in [-0.3, -0.25) is 0 Å². The fourth-order valence-corrected chi connectivity index (χ4v) is 2.30. The molecule has 0 atom stereocenters. The number of anilines is 1. The predicted molar refractivity (Wildman–Crippen MR) is 91.9 cm³/mol. The third-order valence-electron chi connectivity index (χ3n) is 3.39. The van der Waals surface area contributed by atoms with Crippen molar-refractivity contribution in [3.8, 4) is 0 Å². The van der Waals surface area contributed by atoms with Crippen LogP contribution in [0.3, 0.4) is 0 Å². The van der Waals surface area contributed by atoms with Gasteiger partial charge in [-0.2, -0.15) is 0 Å². The van der Waals surface area contributed by atoms with Gasteiger partial charge in [0.05, 0.1) is 11.2 Å². The SMILES string of the molecule is CC1(C)COC(/C=C(\Nc2ccccc2)c2ccccc2)=N1. The zero-order valence-corrected chi connectivity index (χ0v) is 12.9. The van der Waals surface area contributed by atoms with E-state index in [2.05, 4.69) is 36.3 Å². The number of benzene rings is 2. The van der Waals surface area contributed by atoms with Gasteiger partial charge in [0.2, 0.25) is 5.90 Å². The highest BCUT2D eigenvalue weighted by atomic mass is 16.5. The van der Waals surface area contributed by atoms with E-state index in [0.717, 1.165) is 16.9 Å². The largest absolute Gasteiger partial charge is 0.475 e. The Balaban J connectivity index is 1.93. The summed E-state index contributed by atoms with van der Waals surface area (Å²) in [5, 5.41) is 3.45. The lowest BCUT2D eigenvalue weighted by molar-refractivity contribution is 0.280.